The second-order valence-corrected chi connectivity index (χ2v) is 6.34. The number of hydrogen-bond acceptors (Lipinski definition) is 3. The lowest BCUT2D eigenvalue weighted by Gasteiger charge is -2.38. The third kappa shape index (κ3) is 2.80. The molecular formula is C15H17BrN2O2. The summed E-state index contributed by atoms with van der Waals surface area (Å²) in [4.78, 5) is 11.8. The average Bonchev–Trinajstić information content (AvgIpc) is 2.39. The molecule has 2 atom stereocenters. The largest absolute Gasteiger partial charge is 0.480 e. The van der Waals surface area contributed by atoms with Crippen molar-refractivity contribution in [2.45, 2.75) is 38.1 Å². The number of rotatable bonds is 3. The van der Waals surface area contributed by atoms with Crippen LogP contribution >= 0.6 is 15.9 Å². The number of hydrogen-bond donors (Lipinski definition) is 2. The van der Waals surface area contributed by atoms with E-state index in [0.717, 1.165) is 12.8 Å². The Balaban J connectivity index is 2.37. The minimum Gasteiger partial charge on any atom is -0.480 e. The highest BCUT2D eigenvalue weighted by Gasteiger charge is 2.42. The Labute approximate surface area is 126 Å². The van der Waals surface area contributed by atoms with Crippen molar-refractivity contribution in [2.24, 2.45) is 5.92 Å². The summed E-state index contributed by atoms with van der Waals surface area (Å²) in [6.45, 7) is 2.07. The maximum atomic E-state index is 11.8. The summed E-state index contributed by atoms with van der Waals surface area (Å²) >= 11 is 3.33. The zero-order chi connectivity index (χ0) is 14.8. The maximum absolute atomic E-state index is 11.8. The second kappa shape index (κ2) is 5.84. The van der Waals surface area contributed by atoms with E-state index in [1.165, 1.54) is 0 Å². The molecule has 1 aliphatic carbocycles. The topological polar surface area (TPSA) is 73.1 Å². The zero-order valence-electron chi connectivity index (χ0n) is 11.3. The normalized spacial score (nSPS) is 25.8. The molecule has 0 radical (unpaired) electrons. The highest BCUT2D eigenvalue weighted by molar-refractivity contribution is 9.10. The number of carboxylic acid groups (broad SMARTS) is 1. The molecule has 1 aliphatic rings. The number of halogens is 1. The van der Waals surface area contributed by atoms with Crippen LogP contribution in [0.2, 0.25) is 0 Å². The molecule has 2 rings (SSSR count). The first-order valence-electron chi connectivity index (χ1n) is 6.69. The van der Waals surface area contributed by atoms with E-state index in [0.29, 0.717) is 34.5 Å². The van der Waals surface area contributed by atoms with Gasteiger partial charge in [-0.25, -0.2) is 4.79 Å². The van der Waals surface area contributed by atoms with Crippen LogP contribution in [0.4, 0.5) is 5.69 Å². The van der Waals surface area contributed by atoms with Gasteiger partial charge in [0.1, 0.15) is 11.6 Å². The standard InChI is InChI=1S/C15H17BrN2O2/c1-10-4-3-7-15(8-10,14(19)20)18-13-6-2-5-12(16)11(13)9-17/h2,5-6,10,18H,3-4,7-8H2,1H3,(H,19,20). The molecule has 20 heavy (non-hydrogen) atoms. The Bertz CT molecular complexity index is 567. The summed E-state index contributed by atoms with van der Waals surface area (Å²) in [7, 11) is 0. The van der Waals surface area contributed by atoms with Gasteiger partial charge in [0, 0.05) is 4.47 Å². The number of anilines is 1. The van der Waals surface area contributed by atoms with Gasteiger partial charge in [-0.15, -0.1) is 0 Å². The number of carbonyl (C=O) groups is 1. The Hall–Kier alpha value is -1.54. The molecule has 0 aliphatic heterocycles. The molecule has 106 valence electrons. The van der Waals surface area contributed by atoms with Crippen molar-refractivity contribution in [1.29, 1.82) is 5.26 Å². The number of nitriles is 1. The fourth-order valence-electron chi connectivity index (χ4n) is 2.91. The Kier molecular flexibility index (Phi) is 4.34. The van der Waals surface area contributed by atoms with Gasteiger partial charge in [0.05, 0.1) is 11.3 Å². The monoisotopic (exact) mass is 336 g/mol. The molecule has 2 unspecified atom stereocenters. The SMILES string of the molecule is CC1CCCC(Nc2cccc(Br)c2C#N)(C(=O)O)C1. The van der Waals surface area contributed by atoms with Gasteiger partial charge in [0.15, 0.2) is 0 Å². The Morgan fingerprint density at radius 3 is 2.95 bits per heavy atom. The first-order chi connectivity index (χ1) is 9.48. The predicted molar refractivity (Wildman–Crippen MR) is 80.5 cm³/mol. The van der Waals surface area contributed by atoms with Crippen LogP contribution in [-0.4, -0.2) is 16.6 Å². The summed E-state index contributed by atoms with van der Waals surface area (Å²) in [5.74, 6) is -0.474. The van der Waals surface area contributed by atoms with Gasteiger partial charge in [-0.2, -0.15) is 5.26 Å². The smallest absolute Gasteiger partial charge is 0.329 e. The van der Waals surface area contributed by atoms with Gasteiger partial charge in [0.25, 0.3) is 0 Å². The zero-order valence-corrected chi connectivity index (χ0v) is 12.9. The number of carboxylic acids is 1. The number of nitrogens with one attached hydrogen (secondary N) is 1. The van der Waals surface area contributed by atoms with Crippen LogP contribution in [0.1, 0.15) is 38.2 Å². The lowest BCUT2D eigenvalue weighted by Crippen LogP contribution is -2.49. The van der Waals surface area contributed by atoms with Crippen LogP contribution in [-0.2, 0) is 4.79 Å². The molecular weight excluding hydrogens is 320 g/mol. The lowest BCUT2D eigenvalue weighted by atomic mass is 9.76. The van der Waals surface area contributed by atoms with E-state index in [-0.39, 0.29) is 0 Å². The molecule has 0 amide bonds. The first kappa shape index (κ1) is 14.9. The van der Waals surface area contributed by atoms with Gasteiger partial charge in [0.2, 0.25) is 0 Å². The molecule has 1 fully saturated rings. The van der Waals surface area contributed by atoms with Crippen LogP contribution in [0, 0.1) is 17.2 Å². The third-order valence-electron chi connectivity index (χ3n) is 3.91. The van der Waals surface area contributed by atoms with Crippen molar-refractivity contribution in [3.05, 3.63) is 28.2 Å². The summed E-state index contributed by atoms with van der Waals surface area (Å²) in [6.07, 6.45) is 3.11. The molecule has 0 spiro atoms. The molecule has 0 heterocycles. The molecule has 4 nitrogen and oxygen atoms in total. The van der Waals surface area contributed by atoms with Crippen LogP contribution in [0.5, 0.6) is 0 Å². The number of aliphatic carboxylic acids is 1. The molecule has 1 aromatic carbocycles. The van der Waals surface area contributed by atoms with Gasteiger partial charge in [-0.3, -0.25) is 0 Å². The van der Waals surface area contributed by atoms with Crippen molar-refractivity contribution >= 4 is 27.6 Å². The van der Waals surface area contributed by atoms with E-state index in [1.807, 2.05) is 0 Å². The summed E-state index contributed by atoms with van der Waals surface area (Å²) in [5, 5.41) is 22.0. The second-order valence-electron chi connectivity index (χ2n) is 5.49. The van der Waals surface area contributed by atoms with Gasteiger partial charge in [-0.1, -0.05) is 25.8 Å². The quantitative estimate of drug-likeness (QED) is 0.881. The highest BCUT2D eigenvalue weighted by atomic mass is 79.9. The molecule has 1 saturated carbocycles. The summed E-state index contributed by atoms with van der Waals surface area (Å²) in [5.41, 5.74) is 0.0640. The minimum absolute atomic E-state index is 0.366. The van der Waals surface area contributed by atoms with E-state index in [4.69, 9.17) is 0 Å². The van der Waals surface area contributed by atoms with Crippen LogP contribution in [0.15, 0.2) is 22.7 Å². The van der Waals surface area contributed by atoms with Crippen molar-refractivity contribution in [3.8, 4) is 6.07 Å². The number of nitrogens with zero attached hydrogens (tertiary/aromatic N) is 1. The Morgan fingerprint density at radius 1 is 1.60 bits per heavy atom. The van der Waals surface area contributed by atoms with Crippen molar-refractivity contribution in [1.82, 2.24) is 0 Å². The van der Waals surface area contributed by atoms with Crippen molar-refractivity contribution < 1.29 is 9.90 Å². The van der Waals surface area contributed by atoms with E-state index < -0.39 is 11.5 Å². The molecule has 5 heteroatoms. The van der Waals surface area contributed by atoms with Crippen LogP contribution < -0.4 is 5.32 Å². The van der Waals surface area contributed by atoms with Gasteiger partial charge >= 0.3 is 5.97 Å². The highest BCUT2D eigenvalue weighted by Crippen LogP contribution is 2.37. The molecule has 1 aromatic rings. The Morgan fingerprint density at radius 2 is 2.35 bits per heavy atom. The minimum atomic E-state index is -0.968. The molecule has 0 aromatic heterocycles. The van der Waals surface area contributed by atoms with Crippen molar-refractivity contribution in [2.75, 3.05) is 5.32 Å². The fraction of sp³-hybridized carbons (Fsp3) is 0.467. The summed E-state index contributed by atoms with van der Waals surface area (Å²) < 4.78 is 0.675. The lowest BCUT2D eigenvalue weighted by molar-refractivity contribution is -0.144. The molecule has 0 bridgehead atoms. The fourth-order valence-corrected chi connectivity index (χ4v) is 3.37. The van der Waals surface area contributed by atoms with E-state index in [1.54, 1.807) is 18.2 Å². The van der Waals surface area contributed by atoms with E-state index in [2.05, 4.69) is 34.2 Å². The van der Waals surface area contributed by atoms with Crippen molar-refractivity contribution in [3.63, 3.8) is 0 Å². The molecule has 0 saturated heterocycles. The van der Waals surface area contributed by atoms with Gasteiger partial charge < -0.3 is 10.4 Å². The predicted octanol–water partition coefficient (Wildman–Crippen LogP) is 3.77. The number of benzene rings is 1. The van der Waals surface area contributed by atoms with E-state index >= 15 is 0 Å². The van der Waals surface area contributed by atoms with E-state index in [9.17, 15) is 15.2 Å². The summed E-state index contributed by atoms with van der Waals surface area (Å²) in [6, 6.07) is 7.45. The molecule has 2 N–H and O–H groups in total. The average molecular weight is 337 g/mol. The van der Waals surface area contributed by atoms with Crippen LogP contribution in [0.3, 0.4) is 0 Å². The maximum Gasteiger partial charge on any atom is 0.329 e. The first-order valence-corrected chi connectivity index (χ1v) is 7.48. The van der Waals surface area contributed by atoms with Gasteiger partial charge in [-0.05, 0) is 46.8 Å². The van der Waals surface area contributed by atoms with Crippen LogP contribution in [0.25, 0.3) is 0 Å². The third-order valence-corrected chi connectivity index (χ3v) is 4.57.